The lowest BCUT2D eigenvalue weighted by Gasteiger charge is -2.38. The first-order chi connectivity index (χ1) is 4.72. The normalized spacial score (nSPS) is 50.9. The van der Waals surface area contributed by atoms with Crippen molar-refractivity contribution in [3.05, 3.63) is 0 Å². The van der Waals surface area contributed by atoms with Crippen molar-refractivity contribution < 1.29 is 4.84 Å². The van der Waals surface area contributed by atoms with Crippen LogP contribution in [0.1, 0.15) is 6.92 Å². The number of fused-ring (bicyclic) bond motifs is 1. The zero-order valence-electron chi connectivity index (χ0n) is 5.42. The number of hydrogen-bond donors (Lipinski definition) is 0. The van der Waals surface area contributed by atoms with Gasteiger partial charge in [-0.05, 0) is 6.92 Å². The Hall–Kier alpha value is 0.0500. The van der Waals surface area contributed by atoms with Crippen LogP contribution in [0.5, 0.6) is 0 Å². The molecule has 4 heteroatoms. The van der Waals surface area contributed by atoms with Crippen molar-refractivity contribution in [2.45, 2.75) is 23.8 Å². The summed E-state index contributed by atoms with van der Waals surface area (Å²) in [5.74, 6) is 0.268. The fourth-order valence-electron chi connectivity index (χ4n) is 1.41. The molecule has 0 bridgehead atoms. The fourth-order valence-corrected chi connectivity index (χ4v) is 2.24. The second-order valence-corrected chi connectivity index (χ2v) is 3.73. The molecule has 2 aliphatic rings. The summed E-state index contributed by atoms with van der Waals surface area (Å²) in [7, 11) is 0. The van der Waals surface area contributed by atoms with Crippen LogP contribution in [0, 0.1) is 5.92 Å². The SMILES string of the molecule is CC1=NOC2C1[C@@H](Cl)[C@@H]2Cl. The fraction of sp³-hybridized carbons (Fsp3) is 0.833. The average molecular weight is 180 g/mol. The van der Waals surface area contributed by atoms with Crippen molar-refractivity contribution in [3.8, 4) is 0 Å². The van der Waals surface area contributed by atoms with Gasteiger partial charge in [0.05, 0.1) is 22.4 Å². The van der Waals surface area contributed by atoms with Crippen LogP contribution in [-0.4, -0.2) is 22.6 Å². The minimum atomic E-state index is -0.0622. The van der Waals surface area contributed by atoms with E-state index in [1.807, 2.05) is 6.92 Å². The van der Waals surface area contributed by atoms with E-state index >= 15 is 0 Å². The van der Waals surface area contributed by atoms with Gasteiger partial charge in [0.1, 0.15) is 0 Å². The highest BCUT2D eigenvalue weighted by molar-refractivity contribution is 6.33. The molecule has 2 nitrogen and oxygen atoms in total. The van der Waals surface area contributed by atoms with E-state index in [1.54, 1.807) is 0 Å². The van der Waals surface area contributed by atoms with Crippen LogP contribution in [0.4, 0.5) is 0 Å². The molecular formula is C6H7Cl2NO. The Balaban J connectivity index is 2.16. The summed E-state index contributed by atoms with van der Waals surface area (Å²) in [6, 6.07) is 0. The summed E-state index contributed by atoms with van der Waals surface area (Å²) in [6.45, 7) is 1.92. The second kappa shape index (κ2) is 2.02. The zero-order valence-corrected chi connectivity index (χ0v) is 6.93. The molecule has 1 fully saturated rings. The van der Waals surface area contributed by atoms with Crippen LogP contribution in [-0.2, 0) is 4.84 Å². The summed E-state index contributed by atoms with van der Waals surface area (Å²) in [5.41, 5.74) is 0.974. The quantitative estimate of drug-likeness (QED) is 0.519. The van der Waals surface area contributed by atoms with Crippen LogP contribution in [0.3, 0.4) is 0 Å². The Morgan fingerprint density at radius 3 is 2.70 bits per heavy atom. The molecule has 0 spiro atoms. The molecule has 0 aromatic carbocycles. The van der Waals surface area contributed by atoms with Gasteiger partial charge in [-0.25, -0.2) is 0 Å². The average Bonchev–Trinajstić information content (AvgIpc) is 2.27. The lowest BCUT2D eigenvalue weighted by atomic mass is 9.78. The van der Waals surface area contributed by atoms with Crippen molar-refractivity contribution >= 4 is 28.9 Å². The highest BCUT2D eigenvalue weighted by Gasteiger charge is 2.55. The first kappa shape index (κ1) is 6.74. The van der Waals surface area contributed by atoms with Gasteiger partial charge in [0.15, 0.2) is 6.10 Å². The van der Waals surface area contributed by atoms with Crippen molar-refractivity contribution in [2.24, 2.45) is 11.1 Å². The standard InChI is InChI=1S/C6H7Cl2NO/c1-2-3-4(7)5(8)6(3)10-9-2/h3-6H,1H3/t3?,4-,5+,6?/m1/s1. The van der Waals surface area contributed by atoms with Gasteiger partial charge in [-0.2, -0.15) is 0 Å². The van der Waals surface area contributed by atoms with Crippen LogP contribution in [0.15, 0.2) is 5.16 Å². The Labute approximate surface area is 69.1 Å². The molecule has 0 amide bonds. The molecule has 0 aromatic heterocycles. The Morgan fingerprint density at radius 2 is 2.10 bits per heavy atom. The summed E-state index contributed by atoms with van der Waals surface area (Å²) in [6.07, 6.45) is 0.0455. The van der Waals surface area contributed by atoms with Gasteiger partial charge in [0.2, 0.25) is 0 Å². The first-order valence-corrected chi connectivity index (χ1v) is 4.07. The van der Waals surface area contributed by atoms with E-state index in [0.29, 0.717) is 0 Å². The zero-order chi connectivity index (χ0) is 7.30. The monoisotopic (exact) mass is 179 g/mol. The van der Waals surface area contributed by atoms with Gasteiger partial charge in [-0.3, -0.25) is 0 Å². The van der Waals surface area contributed by atoms with Gasteiger partial charge in [-0.15, -0.1) is 23.2 Å². The lowest BCUT2D eigenvalue weighted by Crippen LogP contribution is -2.54. The summed E-state index contributed by atoms with van der Waals surface area (Å²) >= 11 is 11.7. The first-order valence-electron chi connectivity index (χ1n) is 3.20. The van der Waals surface area contributed by atoms with E-state index in [4.69, 9.17) is 28.0 Å². The third-order valence-corrected chi connectivity index (χ3v) is 3.31. The summed E-state index contributed by atoms with van der Waals surface area (Å²) < 4.78 is 0. The minimum absolute atomic E-state index is 0.0120. The molecule has 0 radical (unpaired) electrons. The maximum Gasteiger partial charge on any atom is 0.154 e. The third kappa shape index (κ3) is 0.638. The largest absolute Gasteiger partial charge is 0.390 e. The molecule has 1 aliphatic carbocycles. The molecular weight excluding hydrogens is 173 g/mol. The van der Waals surface area contributed by atoms with Crippen molar-refractivity contribution in [1.29, 1.82) is 0 Å². The van der Waals surface area contributed by atoms with E-state index in [2.05, 4.69) is 5.16 Å². The molecule has 56 valence electrons. The van der Waals surface area contributed by atoms with E-state index in [-0.39, 0.29) is 22.8 Å². The summed E-state index contributed by atoms with van der Waals surface area (Å²) in [5, 5.41) is 3.76. The topological polar surface area (TPSA) is 21.6 Å². The number of nitrogens with zero attached hydrogens (tertiary/aromatic N) is 1. The van der Waals surface area contributed by atoms with Crippen LogP contribution < -0.4 is 0 Å². The highest BCUT2D eigenvalue weighted by Crippen LogP contribution is 2.43. The number of alkyl halides is 2. The molecule has 0 N–H and O–H groups in total. The molecule has 1 aliphatic heterocycles. The van der Waals surface area contributed by atoms with Crippen LogP contribution in [0.25, 0.3) is 0 Å². The van der Waals surface area contributed by atoms with Crippen LogP contribution >= 0.6 is 23.2 Å². The molecule has 0 saturated heterocycles. The molecule has 2 rings (SSSR count). The van der Waals surface area contributed by atoms with Gasteiger partial charge in [0.25, 0.3) is 0 Å². The number of oxime groups is 1. The molecule has 4 atom stereocenters. The maximum absolute atomic E-state index is 5.90. The van der Waals surface area contributed by atoms with E-state index < -0.39 is 0 Å². The van der Waals surface area contributed by atoms with Gasteiger partial charge in [0, 0.05) is 0 Å². The predicted molar refractivity (Wildman–Crippen MR) is 40.8 cm³/mol. The second-order valence-electron chi connectivity index (χ2n) is 2.72. The van der Waals surface area contributed by atoms with Gasteiger partial charge < -0.3 is 4.84 Å². The molecule has 0 aromatic rings. The number of halogens is 2. The Bertz CT molecular complexity index is 194. The molecule has 10 heavy (non-hydrogen) atoms. The Kier molecular flexibility index (Phi) is 1.36. The maximum atomic E-state index is 5.90. The predicted octanol–water partition coefficient (Wildman–Crippen LogP) is 1.61. The van der Waals surface area contributed by atoms with E-state index in [1.165, 1.54) is 0 Å². The smallest absolute Gasteiger partial charge is 0.154 e. The number of rotatable bonds is 0. The van der Waals surface area contributed by atoms with E-state index in [0.717, 1.165) is 5.71 Å². The van der Waals surface area contributed by atoms with Crippen LogP contribution in [0.2, 0.25) is 0 Å². The Morgan fingerprint density at radius 1 is 1.40 bits per heavy atom. The number of hydrogen-bond acceptors (Lipinski definition) is 2. The molecule has 2 unspecified atom stereocenters. The molecule has 1 saturated carbocycles. The summed E-state index contributed by atoms with van der Waals surface area (Å²) in [4.78, 5) is 5.02. The van der Waals surface area contributed by atoms with Gasteiger partial charge >= 0.3 is 0 Å². The third-order valence-electron chi connectivity index (χ3n) is 2.12. The minimum Gasteiger partial charge on any atom is -0.390 e. The van der Waals surface area contributed by atoms with Crippen molar-refractivity contribution in [2.75, 3.05) is 0 Å². The van der Waals surface area contributed by atoms with E-state index in [9.17, 15) is 0 Å². The van der Waals surface area contributed by atoms with Crippen molar-refractivity contribution in [1.82, 2.24) is 0 Å². The highest BCUT2D eigenvalue weighted by atomic mass is 35.5. The van der Waals surface area contributed by atoms with Gasteiger partial charge in [-0.1, -0.05) is 5.16 Å². The lowest BCUT2D eigenvalue weighted by molar-refractivity contribution is 0.0166. The molecule has 1 heterocycles. The van der Waals surface area contributed by atoms with Crippen molar-refractivity contribution in [3.63, 3.8) is 0 Å².